The Bertz CT molecular complexity index is 434. The minimum absolute atomic E-state index is 0.0311. The Hall–Kier alpha value is -1.11. The number of fused-ring (bicyclic) bond motifs is 1. The van der Waals surface area contributed by atoms with Gasteiger partial charge in [0.15, 0.2) is 0 Å². The van der Waals surface area contributed by atoms with Gasteiger partial charge in [-0.3, -0.25) is 4.90 Å². The van der Waals surface area contributed by atoms with E-state index in [1.54, 1.807) is 0 Å². The molecule has 6 heteroatoms. The fraction of sp³-hybridized carbons (Fsp3) is 0.500. The number of hydrogen-bond donors (Lipinski definition) is 2. The summed E-state index contributed by atoms with van der Waals surface area (Å²) >= 11 is 0. The molecule has 0 radical (unpaired) electrons. The predicted octanol–water partition coefficient (Wildman–Crippen LogP) is 1.51. The minimum Gasteiger partial charge on any atom is -0.395 e. The summed E-state index contributed by atoms with van der Waals surface area (Å²) in [4.78, 5) is 1.89. The van der Waals surface area contributed by atoms with Crippen molar-refractivity contribution in [2.45, 2.75) is 18.8 Å². The largest absolute Gasteiger partial charge is 0.416 e. The summed E-state index contributed by atoms with van der Waals surface area (Å²) in [7, 11) is 0. The average molecular weight is 260 g/mol. The lowest BCUT2D eigenvalue weighted by Gasteiger charge is -2.22. The zero-order valence-corrected chi connectivity index (χ0v) is 9.74. The molecular formula is C12H15F3N2O. The van der Waals surface area contributed by atoms with Gasteiger partial charge in [0.25, 0.3) is 0 Å². The van der Waals surface area contributed by atoms with Crippen LogP contribution in [-0.2, 0) is 12.7 Å². The summed E-state index contributed by atoms with van der Waals surface area (Å²) < 4.78 is 37.9. The van der Waals surface area contributed by atoms with Gasteiger partial charge in [0.1, 0.15) is 0 Å². The molecule has 0 bridgehead atoms. The van der Waals surface area contributed by atoms with Gasteiger partial charge in [-0.15, -0.1) is 0 Å². The second-order valence-electron chi connectivity index (χ2n) is 4.36. The van der Waals surface area contributed by atoms with E-state index in [1.165, 1.54) is 12.1 Å². The molecular weight excluding hydrogens is 245 g/mol. The molecule has 1 aliphatic heterocycles. The van der Waals surface area contributed by atoms with E-state index in [0.29, 0.717) is 18.7 Å². The Balaban J connectivity index is 2.34. The molecule has 0 saturated heterocycles. The van der Waals surface area contributed by atoms with Crippen LogP contribution in [0.4, 0.5) is 13.2 Å². The molecule has 100 valence electrons. The molecule has 1 aliphatic rings. The van der Waals surface area contributed by atoms with Crippen LogP contribution in [-0.4, -0.2) is 29.7 Å². The quantitative estimate of drug-likeness (QED) is 0.866. The summed E-state index contributed by atoms with van der Waals surface area (Å²) in [5.74, 6) is 0. The Labute approximate surface area is 103 Å². The van der Waals surface area contributed by atoms with Crippen LogP contribution in [0.5, 0.6) is 0 Å². The molecule has 0 aliphatic carbocycles. The molecule has 18 heavy (non-hydrogen) atoms. The van der Waals surface area contributed by atoms with Crippen molar-refractivity contribution in [2.75, 3.05) is 19.7 Å². The van der Waals surface area contributed by atoms with Crippen molar-refractivity contribution in [3.8, 4) is 0 Å². The van der Waals surface area contributed by atoms with E-state index in [2.05, 4.69) is 0 Å². The maximum atomic E-state index is 12.6. The Kier molecular flexibility index (Phi) is 3.61. The van der Waals surface area contributed by atoms with Gasteiger partial charge in [-0.1, -0.05) is 6.07 Å². The molecule has 0 saturated carbocycles. The number of nitrogens with two attached hydrogens (primary N) is 1. The van der Waals surface area contributed by atoms with Crippen molar-refractivity contribution in [1.29, 1.82) is 0 Å². The first-order valence-corrected chi connectivity index (χ1v) is 5.72. The Morgan fingerprint density at radius 1 is 1.39 bits per heavy atom. The van der Waals surface area contributed by atoms with Gasteiger partial charge >= 0.3 is 6.18 Å². The number of aliphatic hydroxyl groups excluding tert-OH is 1. The molecule has 0 amide bonds. The van der Waals surface area contributed by atoms with Crippen molar-refractivity contribution in [1.82, 2.24) is 4.90 Å². The van der Waals surface area contributed by atoms with Crippen LogP contribution in [0.2, 0.25) is 0 Å². The number of rotatable bonds is 3. The highest BCUT2D eigenvalue weighted by Gasteiger charge is 2.35. The molecule has 0 fully saturated rings. The fourth-order valence-corrected chi connectivity index (χ4v) is 2.39. The van der Waals surface area contributed by atoms with E-state index < -0.39 is 11.7 Å². The average Bonchev–Trinajstić information content (AvgIpc) is 2.64. The Morgan fingerprint density at radius 3 is 2.67 bits per heavy atom. The predicted molar refractivity (Wildman–Crippen MR) is 60.7 cm³/mol. The third-order valence-electron chi connectivity index (χ3n) is 3.26. The molecule has 1 aromatic carbocycles. The van der Waals surface area contributed by atoms with Crippen molar-refractivity contribution in [3.05, 3.63) is 34.9 Å². The molecule has 1 heterocycles. The van der Waals surface area contributed by atoms with Crippen molar-refractivity contribution in [3.63, 3.8) is 0 Å². The SMILES string of the molecule is NCC1c2cc(C(F)(F)F)ccc2CN1CCO. The molecule has 2 rings (SSSR count). The van der Waals surface area contributed by atoms with Crippen LogP contribution in [0.3, 0.4) is 0 Å². The number of hydrogen-bond acceptors (Lipinski definition) is 3. The van der Waals surface area contributed by atoms with Crippen LogP contribution >= 0.6 is 0 Å². The number of benzene rings is 1. The van der Waals surface area contributed by atoms with Crippen LogP contribution in [0.1, 0.15) is 22.7 Å². The van der Waals surface area contributed by atoms with Gasteiger partial charge in [-0.05, 0) is 23.3 Å². The third-order valence-corrected chi connectivity index (χ3v) is 3.26. The number of alkyl halides is 3. The smallest absolute Gasteiger partial charge is 0.395 e. The molecule has 1 aromatic rings. The van der Waals surface area contributed by atoms with Gasteiger partial charge in [-0.25, -0.2) is 0 Å². The second-order valence-corrected chi connectivity index (χ2v) is 4.36. The maximum Gasteiger partial charge on any atom is 0.416 e. The molecule has 3 N–H and O–H groups in total. The standard InChI is InChI=1S/C12H15F3N2O/c13-12(14,15)9-2-1-8-7-17(3-4-18)11(6-16)10(8)5-9/h1-2,5,11,18H,3-4,6-7,16H2. The van der Waals surface area contributed by atoms with E-state index in [9.17, 15) is 13.2 Å². The van der Waals surface area contributed by atoms with Crippen LogP contribution in [0.15, 0.2) is 18.2 Å². The highest BCUT2D eigenvalue weighted by atomic mass is 19.4. The van der Waals surface area contributed by atoms with Crippen molar-refractivity contribution >= 4 is 0 Å². The van der Waals surface area contributed by atoms with E-state index in [-0.39, 0.29) is 19.2 Å². The zero-order chi connectivity index (χ0) is 13.3. The number of β-amino-alcohol motifs (C(OH)–C–C–N with tert-alkyl or cyclic N) is 1. The normalized spacial score (nSPS) is 20.2. The highest BCUT2D eigenvalue weighted by Crippen LogP contribution is 2.37. The topological polar surface area (TPSA) is 49.5 Å². The van der Waals surface area contributed by atoms with Gasteiger partial charge in [0, 0.05) is 25.7 Å². The summed E-state index contributed by atoms with van der Waals surface area (Å²) in [5, 5.41) is 8.94. The highest BCUT2D eigenvalue weighted by molar-refractivity contribution is 5.39. The first-order valence-electron chi connectivity index (χ1n) is 5.72. The van der Waals surface area contributed by atoms with Crippen LogP contribution in [0.25, 0.3) is 0 Å². The first-order chi connectivity index (χ1) is 8.47. The molecule has 1 atom stereocenters. The summed E-state index contributed by atoms with van der Waals surface area (Å²) in [5.41, 5.74) is 6.46. The summed E-state index contributed by atoms with van der Waals surface area (Å²) in [6.45, 7) is 1.17. The monoisotopic (exact) mass is 260 g/mol. The third kappa shape index (κ3) is 2.36. The molecule has 0 spiro atoms. The first kappa shape index (κ1) is 13.3. The summed E-state index contributed by atoms with van der Waals surface area (Å²) in [6.07, 6.45) is -4.33. The zero-order valence-electron chi connectivity index (χ0n) is 9.74. The molecule has 3 nitrogen and oxygen atoms in total. The maximum absolute atomic E-state index is 12.6. The fourth-order valence-electron chi connectivity index (χ4n) is 2.39. The van der Waals surface area contributed by atoms with E-state index >= 15 is 0 Å². The lowest BCUT2D eigenvalue weighted by Crippen LogP contribution is -2.30. The van der Waals surface area contributed by atoms with Gasteiger partial charge < -0.3 is 10.8 Å². The molecule has 1 unspecified atom stereocenters. The van der Waals surface area contributed by atoms with Crippen molar-refractivity contribution in [2.24, 2.45) is 5.73 Å². The Morgan fingerprint density at radius 2 is 2.11 bits per heavy atom. The number of nitrogens with zero attached hydrogens (tertiary/aromatic N) is 1. The number of halogens is 3. The van der Waals surface area contributed by atoms with E-state index in [0.717, 1.165) is 11.6 Å². The van der Waals surface area contributed by atoms with Gasteiger partial charge in [-0.2, -0.15) is 13.2 Å². The van der Waals surface area contributed by atoms with Crippen LogP contribution < -0.4 is 5.73 Å². The second kappa shape index (κ2) is 4.87. The van der Waals surface area contributed by atoms with Crippen molar-refractivity contribution < 1.29 is 18.3 Å². The van der Waals surface area contributed by atoms with Crippen LogP contribution in [0, 0.1) is 0 Å². The number of aliphatic hydroxyl groups is 1. The van der Waals surface area contributed by atoms with E-state index in [4.69, 9.17) is 10.8 Å². The minimum atomic E-state index is -4.33. The summed E-state index contributed by atoms with van der Waals surface area (Å²) in [6, 6.07) is 3.52. The van der Waals surface area contributed by atoms with E-state index in [1.807, 2.05) is 4.90 Å². The van der Waals surface area contributed by atoms with Gasteiger partial charge in [0.05, 0.1) is 12.2 Å². The lowest BCUT2D eigenvalue weighted by molar-refractivity contribution is -0.137. The van der Waals surface area contributed by atoms with Gasteiger partial charge in [0.2, 0.25) is 0 Å². The lowest BCUT2D eigenvalue weighted by atomic mass is 10.0. The molecule has 0 aromatic heterocycles.